The fourth-order valence-electron chi connectivity index (χ4n) is 2.24. The molecule has 2 rings (SSSR count). The average Bonchev–Trinajstić information content (AvgIpc) is 2.98. The molecule has 122 valence electrons. The summed E-state index contributed by atoms with van der Waals surface area (Å²) in [5, 5.41) is 8.84. The molecule has 0 aliphatic carbocycles. The molecule has 1 heterocycles. The SMILES string of the molecule is C=C(C)CN(CC)C(=O)CSc1nncn1-c1ccccc1C. The molecule has 0 saturated carbocycles. The van der Waals surface area contributed by atoms with Crippen molar-refractivity contribution >= 4 is 17.7 Å². The predicted octanol–water partition coefficient (Wildman–Crippen LogP) is 3.09. The van der Waals surface area contributed by atoms with E-state index in [1.807, 2.05) is 49.6 Å². The Kier molecular flexibility index (Phi) is 5.98. The highest BCUT2D eigenvalue weighted by Gasteiger charge is 2.15. The Hall–Kier alpha value is -2.08. The van der Waals surface area contributed by atoms with Crippen LogP contribution in [0, 0.1) is 6.92 Å². The van der Waals surface area contributed by atoms with Crippen LogP contribution < -0.4 is 0 Å². The van der Waals surface area contributed by atoms with Crippen LogP contribution >= 0.6 is 11.8 Å². The van der Waals surface area contributed by atoms with Crippen molar-refractivity contribution < 1.29 is 4.79 Å². The van der Waals surface area contributed by atoms with Crippen LogP contribution in [0.3, 0.4) is 0 Å². The maximum absolute atomic E-state index is 12.3. The lowest BCUT2D eigenvalue weighted by molar-refractivity contribution is -0.127. The van der Waals surface area contributed by atoms with Gasteiger partial charge in [0.25, 0.3) is 0 Å². The Labute approximate surface area is 141 Å². The Morgan fingerprint density at radius 3 is 2.78 bits per heavy atom. The van der Waals surface area contributed by atoms with Gasteiger partial charge in [0.15, 0.2) is 5.16 Å². The van der Waals surface area contributed by atoms with Crippen LogP contribution in [0.1, 0.15) is 19.4 Å². The van der Waals surface area contributed by atoms with Gasteiger partial charge in [0.05, 0.1) is 11.4 Å². The molecule has 1 amide bonds. The number of likely N-dealkylation sites (N-methyl/N-ethyl adjacent to an activating group) is 1. The number of carbonyl (C=O) groups is 1. The smallest absolute Gasteiger partial charge is 0.233 e. The number of rotatable bonds is 7. The van der Waals surface area contributed by atoms with Gasteiger partial charge in [-0.2, -0.15) is 0 Å². The highest BCUT2D eigenvalue weighted by atomic mass is 32.2. The first-order chi connectivity index (χ1) is 11.0. The van der Waals surface area contributed by atoms with Crippen LogP contribution in [0.2, 0.25) is 0 Å². The maximum Gasteiger partial charge on any atom is 0.233 e. The highest BCUT2D eigenvalue weighted by molar-refractivity contribution is 7.99. The van der Waals surface area contributed by atoms with E-state index in [4.69, 9.17) is 0 Å². The molecule has 0 saturated heterocycles. The minimum atomic E-state index is 0.0832. The van der Waals surface area contributed by atoms with Crippen molar-refractivity contribution in [3.05, 3.63) is 48.3 Å². The third-order valence-corrected chi connectivity index (χ3v) is 4.34. The summed E-state index contributed by atoms with van der Waals surface area (Å²) in [4.78, 5) is 14.1. The molecule has 0 spiro atoms. The summed E-state index contributed by atoms with van der Waals surface area (Å²) in [5.74, 6) is 0.422. The zero-order valence-corrected chi connectivity index (χ0v) is 14.6. The summed E-state index contributed by atoms with van der Waals surface area (Å²) in [7, 11) is 0. The van der Waals surface area contributed by atoms with E-state index in [2.05, 4.69) is 16.8 Å². The van der Waals surface area contributed by atoms with Crippen LogP contribution in [-0.2, 0) is 4.79 Å². The normalized spacial score (nSPS) is 10.6. The van der Waals surface area contributed by atoms with Crippen LogP contribution in [0.25, 0.3) is 5.69 Å². The van der Waals surface area contributed by atoms with Gasteiger partial charge >= 0.3 is 0 Å². The fourth-order valence-corrected chi connectivity index (χ4v) is 3.07. The third-order valence-electron chi connectivity index (χ3n) is 3.41. The minimum absolute atomic E-state index is 0.0832. The Morgan fingerprint density at radius 2 is 2.13 bits per heavy atom. The van der Waals surface area contributed by atoms with Gasteiger partial charge in [0.1, 0.15) is 6.33 Å². The first-order valence-corrected chi connectivity index (χ1v) is 8.52. The van der Waals surface area contributed by atoms with E-state index >= 15 is 0 Å². The van der Waals surface area contributed by atoms with Gasteiger partial charge in [-0.1, -0.05) is 42.1 Å². The summed E-state index contributed by atoms with van der Waals surface area (Å²) in [5.41, 5.74) is 3.15. The second-order valence-electron chi connectivity index (χ2n) is 5.42. The number of thioether (sulfide) groups is 1. The van der Waals surface area contributed by atoms with E-state index in [9.17, 15) is 4.79 Å². The number of amides is 1. The molecule has 6 heteroatoms. The van der Waals surface area contributed by atoms with E-state index in [-0.39, 0.29) is 5.91 Å². The van der Waals surface area contributed by atoms with Crippen LogP contribution in [0.4, 0.5) is 0 Å². The number of hydrogen-bond donors (Lipinski definition) is 0. The highest BCUT2D eigenvalue weighted by Crippen LogP contribution is 2.22. The zero-order valence-electron chi connectivity index (χ0n) is 13.8. The molecule has 0 fully saturated rings. The number of para-hydroxylation sites is 1. The molecule has 1 aromatic carbocycles. The first kappa shape index (κ1) is 17.3. The second-order valence-corrected chi connectivity index (χ2v) is 6.37. The number of aromatic nitrogens is 3. The summed E-state index contributed by atoms with van der Waals surface area (Å²) in [6.45, 7) is 11.1. The lowest BCUT2D eigenvalue weighted by atomic mass is 10.2. The van der Waals surface area contributed by atoms with E-state index in [1.54, 1.807) is 11.2 Å². The molecule has 23 heavy (non-hydrogen) atoms. The van der Waals surface area contributed by atoms with E-state index in [1.165, 1.54) is 11.8 Å². The molecular weight excluding hydrogens is 308 g/mol. The predicted molar refractivity (Wildman–Crippen MR) is 93.9 cm³/mol. The second kappa shape index (κ2) is 7.97. The molecule has 0 aliphatic rings. The molecule has 0 radical (unpaired) electrons. The Bertz CT molecular complexity index is 695. The third kappa shape index (κ3) is 4.45. The van der Waals surface area contributed by atoms with Gasteiger partial charge < -0.3 is 4.90 Å². The Morgan fingerprint density at radius 1 is 1.39 bits per heavy atom. The van der Waals surface area contributed by atoms with E-state index in [0.29, 0.717) is 18.8 Å². The van der Waals surface area contributed by atoms with E-state index in [0.717, 1.165) is 22.0 Å². The molecular formula is C17H22N4OS. The lowest BCUT2D eigenvalue weighted by Crippen LogP contribution is -2.33. The van der Waals surface area contributed by atoms with Crippen molar-refractivity contribution in [2.45, 2.75) is 25.9 Å². The van der Waals surface area contributed by atoms with Crippen molar-refractivity contribution in [2.75, 3.05) is 18.8 Å². The number of hydrogen-bond acceptors (Lipinski definition) is 4. The number of aryl methyl sites for hydroxylation is 1. The summed E-state index contributed by atoms with van der Waals surface area (Å²) in [6.07, 6.45) is 1.68. The maximum atomic E-state index is 12.3. The quantitative estimate of drug-likeness (QED) is 0.578. The molecule has 0 atom stereocenters. The van der Waals surface area contributed by atoms with E-state index < -0.39 is 0 Å². The summed E-state index contributed by atoms with van der Waals surface area (Å²) < 4.78 is 1.92. The van der Waals surface area contributed by atoms with Crippen molar-refractivity contribution in [2.24, 2.45) is 0 Å². The first-order valence-electron chi connectivity index (χ1n) is 7.54. The van der Waals surface area contributed by atoms with Crippen molar-refractivity contribution in [3.63, 3.8) is 0 Å². The van der Waals surface area contributed by atoms with Crippen LogP contribution in [0.5, 0.6) is 0 Å². The van der Waals surface area contributed by atoms with Crippen LogP contribution in [-0.4, -0.2) is 44.4 Å². The summed E-state index contributed by atoms with van der Waals surface area (Å²) >= 11 is 1.40. The summed E-state index contributed by atoms with van der Waals surface area (Å²) in [6, 6.07) is 8.04. The topological polar surface area (TPSA) is 51.0 Å². The van der Waals surface area contributed by atoms with Crippen LogP contribution in [0.15, 0.2) is 47.9 Å². The van der Waals surface area contributed by atoms with Gasteiger partial charge in [-0.3, -0.25) is 9.36 Å². The Balaban J connectivity index is 2.08. The molecule has 2 aromatic rings. The average molecular weight is 330 g/mol. The molecule has 0 bridgehead atoms. The minimum Gasteiger partial charge on any atom is -0.338 e. The van der Waals surface area contributed by atoms with Crippen molar-refractivity contribution in [1.82, 2.24) is 19.7 Å². The fraction of sp³-hybridized carbons (Fsp3) is 0.353. The molecule has 5 nitrogen and oxygen atoms in total. The van der Waals surface area contributed by atoms with Crippen molar-refractivity contribution in [3.8, 4) is 5.69 Å². The molecule has 0 N–H and O–H groups in total. The molecule has 0 unspecified atom stereocenters. The van der Waals surface area contributed by atoms with Gasteiger partial charge in [0, 0.05) is 13.1 Å². The van der Waals surface area contributed by atoms with Crippen molar-refractivity contribution in [1.29, 1.82) is 0 Å². The number of nitrogens with zero attached hydrogens (tertiary/aromatic N) is 4. The molecule has 1 aromatic heterocycles. The van der Waals surface area contributed by atoms with Gasteiger partial charge in [-0.05, 0) is 32.4 Å². The number of benzene rings is 1. The largest absolute Gasteiger partial charge is 0.338 e. The van der Waals surface area contributed by atoms with Gasteiger partial charge in [0.2, 0.25) is 5.91 Å². The van der Waals surface area contributed by atoms with Gasteiger partial charge in [-0.15, -0.1) is 10.2 Å². The van der Waals surface area contributed by atoms with Gasteiger partial charge in [-0.25, -0.2) is 0 Å². The number of carbonyl (C=O) groups excluding carboxylic acids is 1. The lowest BCUT2D eigenvalue weighted by Gasteiger charge is -2.20. The zero-order chi connectivity index (χ0) is 16.8. The standard InChI is InChI=1S/C17H22N4OS/c1-5-20(10-13(2)3)16(22)11-23-17-19-18-12-21(17)15-9-7-6-8-14(15)4/h6-9,12H,2,5,10-11H2,1,3-4H3. The monoisotopic (exact) mass is 330 g/mol. The molecule has 0 aliphatic heterocycles.